The summed E-state index contributed by atoms with van der Waals surface area (Å²) in [5.74, 6) is 0.935. The third-order valence-electron chi connectivity index (χ3n) is 5.71. The number of aryl methyl sites for hydroxylation is 1. The van der Waals surface area contributed by atoms with E-state index >= 15 is 0 Å². The first-order valence-corrected chi connectivity index (χ1v) is 9.81. The van der Waals surface area contributed by atoms with Gasteiger partial charge >= 0.3 is 0 Å². The van der Waals surface area contributed by atoms with Crippen LogP contribution in [0.3, 0.4) is 0 Å². The molecule has 29 heavy (non-hydrogen) atoms. The van der Waals surface area contributed by atoms with E-state index in [2.05, 4.69) is 30.6 Å². The maximum Gasteiger partial charge on any atom is 0.237 e. The highest BCUT2D eigenvalue weighted by atomic mass is 16.5. The first-order valence-electron chi connectivity index (χ1n) is 9.81. The minimum atomic E-state index is -1.27. The second-order valence-electron chi connectivity index (χ2n) is 7.80. The molecule has 0 aromatic carbocycles. The molecule has 2 aliphatic heterocycles. The van der Waals surface area contributed by atoms with Gasteiger partial charge in [-0.05, 0) is 40.3 Å². The summed E-state index contributed by atoms with van der Waals surface area (Å²) in [7, 11) is 1.91. The van der Waals surface area contributed by atoms with Crippen molar-refractivity contribution in [2.24, 2.45) is 0 Å². The van der Waals surface area contributed by atoms with Gasteiger partial charge in [-0.25, -0.2) is 15.0 Å². The number of H-pyrrole nitrogens is 1. The van der Waals surface area contributed by atoms with E-state index in [9.17, 15) is 15.0 Å². The monoisotopic (exact) mass is 405 g/mol. The number of nitrogens with zero attached hydrogens (tertiary/aromatic N) is 4. The van der Waals surface area contributed by atoms with E-state index in [0.717, 1.165) is 19.4 Å². The van der Waals surface area contributed by atoms with Crippen LogP contribution in [0.15, 0.2) is 6.33 Å². The molecule has 0 saturated carbocycles. The smallest absolute Gasteiger partial charge is 0.237 e. The number of imidazole rings is 1. The zero-order valence-corrected chi connectivity index (χ0v) is 16.7. The SMILES string of the molecule is Cc1nc2ncnc(N[C@H]3O[C@@H](C)[C@H](NC(=O)[C@H]4CCCN4C)[C@@H](O)[C@@H]3O)c2[nH]1. The molecule has 5 N–H and O–H groups in total. The number of likely N-dealkylation sites (tertiary alicyclic amines) is 1. The Kier molecular flexibility index (Phi) is 5.38. The van der Waals surface area contributed by atoms with Crippen molar-refractivity contribution in [1.82, 2.24) is 30.2 Å². The molecule has 2 fully saturated rings. The number of likely N-dealkylation sites (N-methyl/N-ethyl adjacent to an activating group) is 1. The molecular formula is C18H27N7O4. The summed E-state index contributed by atoms with van der Waals surface area (Å²) in [5, 5.41) is 27.2. The van der Waals surface area contributed by atoms with Crippen molar-refractivity contribution in [3.05, 3.63) is 12.2 Å². The molecule has 0 unspecified atom stereocenters. The number of anilines is 1. The number of aliphatic hydroxyl groups is 2. The lowest BCUT2D eigenvalue weighted by Gasteiger charge is -2.42. The highest BCUT2D eigenvalue weighted by Gasteiger charge is 2.44. The summed E-state index contributed by atoms with van der Waals surface area (Å²) in [4.78, 5) is 30.2. The Hall–Kier alpha value is -2.34. The van der Waals surface area contributed by atoms with E-state index in [0.29, 0.717) is 22.8 Å². The van der Waals surface area contributed by atoms with Crippen LogP contribution in [-0.2, 0) is 9.53 Å². The number of rotatable bonds is 4. The molecule has 4 rings (SSSR count). The number of fused-ring (bicyclic) bond motifs is 1. The highest BCUT2D eigenvalue weighted by molar-refractivity contribution is 5.83. The van der Waals surface area contributed by atoms with Gasteiger partial charge in [-0.3, -0.25) is 9.69 Å². The van der Waals surface area contributed by atoms with E-state index in [1.165, 1.54) is 6.33 Å². The minimum Gasteiger partial charge on any atom is -0.388 e. The summed E-state index contributed by atoms with van der Waals surface area (Å²) in [6, 6.07) is -0.940. The number of ether oxygens (including phenoxy) is 1. The number of aliphatic hydroxyl groups excluding tert-OH is 2. The fourth-order valence-electron chi connectivity index (χ4n) is 4.08. The van der Waals surface area contributed by atoms with Gasteiger partial charge in [-0.2, -0.15) is 0 Å². The Morgan fingerprint density at radius 2 is 2.14 bits per heavy atom. The van der Waals surface area contributed by atoms with E-state index < -0.39 is 30.6 Å². The van der Waals surface area contributed by atoms with Gasteiger partial charge in [-0.15, -0.1) is 0 Å². The average molecular weight is 405 g/mol. The summed E-state index contributed by atoms with van der Waals surface area (Å²) in [6.07, 6.45) is -0.809. The van der Waals surface area contributed by atoms with Gasteiger partial charge in [0.1, 0.15) is 29.9 Å². The average Bonchev–Trinajstić information content (AvgIpc) is 3.28. The number of nitrogens with one attached hydrogen (secondary N) is 3. The Bertz CT molecular complexity index is 890. The lowest BCUT2D eigenvalue weighted by atomic mass is 9.95. The van der Waals surface area contributed by atoms with Crippen molar-refractivity contribution in [1.29, 1.82) is 0 Å². The van der Waals surface area contributed by atoms with Crippen LogP contribution >= 0.6 is 0 Å². The van der Waals surface area contributed by atoms with Gasteiger partial charge in [-0.1, -0.05) is 0 Å². The molecule has 2 aromatic heterocycles. The van der Waals surface area contributed by atoms with Gasteiger partial charge in [0, 0.05) is 0 Å². The summed E-state index contributed by atoms with van der Waals surface area (Å²) < 4.78 is 5.89. The number of aromatic nitrogens is 4. The fourth-order valence-corrected chi connectivity index (χ4v) is 4.08. The Balaban J connectivity index is 1.46. The molecule has 2 aliphatic rings. The van der Waals surface area contributed by atoms with Crippen LogP contribution in [0.25, 0.3) is 11.2 Å². The highest BCUT2D eigenvalue weighted by Crippen LogP contribution is 2.25. The first kappa shape index (κ1) is 20.0. The van der Waals surface area contributed by atoms with Crippen molar-refractivity contribution in [2.75, 3.05) is 18.9 Å². The van der Waals surface area contributed by atoms with E-state index in [-0.39, 0.29) is 11.9 Å². The summed E-state index contributed by atoms with van der Waals surface area (Å²) in [5.41, 5.74) is 1.08. The second kappa shape index (κ2) is 7.82. The minimum absolute atomic E-state index is 0.159. The van der Waals surface area contributed by atoms with Crippen LogP contribution in [0.5, 0.6) is 0 Å². The van der Waals surface area contributed by atoms with Gasteiger partial charge < -0.3 is 30.6 Å². The van der Waals surface area contributed by atoms with Crippen molar-refractivity contribution in [2.45, 2.75) is 63.3 Å². The first-order chi connectivity index (χ1) is 13.8. The van der Waals surface area contributed by atoms with Crippen LogP contribution in [0.4, 0.5) is 5.82 Å². The largest absolute Gasteiger partial charge is 0.388 e. The summed E-state index contributed by atoms with van der Waals surface area (Å²) in [6.45, 7) is 4.42. The molecule has 2 aromatic rings. The molecule has 0 aliphatic carbocycles. The third kappa shape index (κ3) is 3.78. The maximum atomic E-state index is 12.6. The van der Waals surface area contributed by atoms with Gasteiger partial charge in [0.2, 0.25) is 5.91 Å². The molecule has 4 heterocycles. The fraction of sp³-hybridized carbons (Fsp3) is 0.667. The topological polar surface area (TPSA) is 149 Å². The van der Waals surface area contributed by atoms with Crippen LogP contribution in [0.1, 0.15) is 25.6 Å². The molecule has 0 bridgehead atoms. The van der Waals surface area contributed by atoms with Gasteiger partial charge in [0.15, 0.2) is 17.7 Å². The van der Waals surface area contributed by atoms with E-state index in [1.54, 1.807) is 13.8 Å². The lowest BCUT2D eigenvalue weighted by molar-refractivity contribution is -0.173. The third-order valence-corrected chi connectivity index (χ3v) is 5.71. The van der Waals surface area contributed by atoms with Crippen LogP contribution < -0.4 is 10.6 Å². The molecule has 11 nitrogen and oxygen atoms in total. The number of aromatic amines is 1. The molecule has 2 saturated heterocycles. The lowest BCUT2D eigenvalue weighted by Crippen LogP contribution is -2.65. The van der Waals surface area contributed by atoms with Gasteiger partial charge in [0.25, 0.3) is 0 Å². The molecule has 0 radical (unpaired) electrons. The zero-order chi connectivity index (χ0) is 20.7. The number of amides is 1. The van der Waals surface area contributed by atoms with Crippen LogP contribution in [0.2, 0.25) is 0 Å². The maximum absolute atomic E-state index is 12.6. The molecule has 11 heteroatoms. The Morgan fingerprint density at radius 1 is 1.34 bits per heavy atom. The van der Waals surface area contributed by atoms with E-state index in [4.69, 9.17) is 4.74 Å². The summed E-state index contributed by atoms with van der Waals surface area (Å²) >= 11 is 0. The van der Waals surface area contributed by atoms with E-state index in [1.807, 2.05) is 11.9 Å². The van der Waals surface area contributed by atoms with Gasteiger partial charge in [0.05, 0.1) is 18.2 Å². The van der Waals surface area contributed by atoms with Crippen molar-refractivity contribution >= 4 is 22.9 Å². The molecule has 6 atom stereocenters. The number of hydrogen-bond donors (Lipinski definition) is 5. The predicted molar refractivity (Wildman–Crippen MR) is 104 cm³/mol. The number of carbonyl (C=O) groups excluding carboxylic acids is 1. The zero-order valence-electron chi connectivity index (χ0n) is 16.7. The molecule has 0 spiro atoms. The Labute approximate surface area is 167 Å². The van der Waals surface area contributed by atoms with Crippen molar-refractivity contribution in [3.8, 4) is 0 Å². The van der Waals surface area contributed by atoms with Crippen LogP contribution in [0, 0.1) is 6.92 Å². The quantitative estimate of drug-likeness (QED) is 0.437. The Morgan fingerprint density at radius 3 is 2.86 bits per heavy atom. The standard InChI is InChI=1S/C18H27N7O4/c1-8-11(23-17(28)10-5-4-6-25(10)3)13(26)14(27)18(29-8)24-16-12-15(19-7-20-16)22-9(2)21-12/h7-8,10-11,13-14,18,26-27H,4-6H2,1-3H3,(H,23,28)(H2,19,20,21,22,24)/t8-,10+,11-,13+,14-,18-/m0/s1. The normalized spacial score (nSPS) is 33.1. The van der Waals surface area contributed by atoms with Crippen molar-refractivity contribution in [3.63, 3.8) is 0 Å². The molecule has 158 valence electrons. The second-order valence-corrected chi connectivity index (χ2v) is 7.80. The number of hydrogen-bond acceptors (Lipinski definition) is 9. The van der Waals surface area contributed by atoms with Crippen molar-refractivity contribution < 1.29 is 19.7 Å². The number of carbonyl (C=O) groups is 1. The van der Waals surface area contributed by atoms with Crippen LogP contribution in [-0.4, -0.2) is 91.2 Å². The molecule has 1 amide bonds. The predicted octanol–water partition coefficient (Wildman–Crippen LogP) is -0.881. The molecular weight excluding hydrogens is 378 g/mol.